The molecule has 2 aromatic carbocycles. The molecule has 124 valence electrons. The van der Waals surface area contributed by atoms with E-state index in [9.17, 15) is 9.50 Å². The number of nitrogens with zero attached hydrogens (tertiary/aromatic N) is 2. The Kier molecular flexibility index (Phi) is 4.49. The highest BCUT2D eigenvalue weighted by molar-refractivity contribution is 7.09. The number of nitrogens with one attached hydrogen (secondary N) is 1. The summed E-state index contributed by atoms with van der Waals surface area (Å²) in [4.78, 5) is 4.48. The van der Waals surface area contributed by atoms with E-state index in [0.29, 0.717) is 12.4 Å². The Morgan fingerprint density at radius 1 is 1.08 bits per heavy atom. The van der Waals surface area contributed by atoms with E-state index in [2.05, 4.69) is 28.5 Å². The first-order chi connectivity index (χ1) is 11.4. The van der Waals surface area contributed by atoms with E-state index in [1.54, 1.807) is 36.4 Å². The van der Waals surface area contributed by atoms with Gasteiger partial charge < -0.3 is 10.4 Å². The minimum Gasteiger partial charge on any atom is -0.508 e. The van der Waals surface area contributed by atoms with Crippen LogP contribution in [0.15, 0.2) is 48.5 Å². The van der Waals surface area contributed by atoms with E-state index in [-0.39, 0.29) is 17.0 Å². The quantitative estimate of drug-likeness (QED) is 0.719. The number of aromatic nitrogens is 2. The molecule has 0 radical (unpaired) electrons. The SMILES string of the molecule is CC(C)(CNc1nc(-c2ccc(O)cc2)ns1)c1ccc(F)cc1. The Labute approximate surface area is 144 Å². The second kappa shape index (κ2) is 6.57. The van der Waals surface area contributed by atoms with Gasteiger partial charge in [0.05, 0.1) is 0 Å². The summed E-state index contributed by atoms with van der Waals surface area (Å²) in [5.74, 6) is 0.612. The number of aromatic hydroxyl groups is 1. The van der Waals surface area contributed by atoms with Gasteiger partial charge in [0.25, 0.3) is 0 Å². The smallest absolute Gasteiger partial charge is 0.202 e. The van der Waals surface area contributed by atoms with Crippen molar-refractivity contribution >= 4 is 16.7 Å². The summed E-state index contributed by atoms with van der Waals surface area (Å²) in [5.41, 5.74) is 1.74. The topological polar surface area (TPSA) is 58.0 Å². The molecular weight excluding hydrogens is 325 g/mol. The van der Waals surface area contributed by atoms with Gasteiger partial charge in [-0.15, -0.1) is 0 Å². The van der Waals surface area contributed by atoms with Crippen LogP contribution in [-0.2, 0) is 5.41 Å². The molecule has 2 N–H and O–H groups in total. The molecule has 0 spiro atoms. The molecule has 0 fully saturated rings. The number of rotatable bonds is 5. The summed E-state index contributed by atoms with van der Waals surface area (Å²) in [6.07, 6.45) is 0. The molecule has 4 nitrogen and oxygen atoms in total. The number of halogens is 1. The zero-order valence-electron chi connectivity index (χ0n) is 13.5. The lowest BCUT2D eigenvalue weighted by atomic mass is 9.85. The van der Waals surface area contributed by atoms with Crippen molar-refractivity contribution in [2.75, 3.05) is 11.9 Å². The maximum atomic E-state index is 13.1. The number of anilines is 1. The van der Waals surface area contributed by atoms with Gasteiger partial charge in [-0.2, -0.15) is 9.36 Å². The number of phenols is 1. The average molecular weight is 343 g/mol. The summed E-state index contributed by atoms with van der Waals surface area (Å²) >= 11 is 1.29. The van der Waals surface area contributed by atoms with Gasteiger partial charge in [-0.1, -0.05) is 26.0 Å². The van der Waals surface area contributed by atoms with Gasteiger partial charge in [0, 0.05) is 29.1 Å². The molecule has 24 heavy (non-hydrogen) atoms. The van der Waals surface area contributed by atoms with Gasteiger partial charge in [0.2, 0.25) is 5.13 Å². The van der Waals surface area contributed by atoms with Crippen LogP contribution in [0.1, 0.15) is 19.4 Å². The van der Waals surface area contributed by atoms with E-state index in [1.165, 1.54) is 23.7 Å². The maximum absolute atomic E-state index is 13.1. The third kappa shape index (κ3) is 3.71. The Balaban J connectivity index is 1.68. The first-order valence-electron chi connectivity index (χ1n) is 7.57. The number of benzene rings is 2. The molecule has 3 aromatic rings. The number of phenolic OH excluding ortho intramolecular Hbond substituents is 1. The van der Waals surface area contributed by atoms with Crippen molar-refractivity contribution in [1.82, 2.24) is 9.36 Å². The molecule has 1 heterocycles. The molecule has 0 saturated heterocycles. The molecule has 0 aliphatic heterocycles. The molecule has 0 amide bonds. The van der Waals surface area contributed by atoms with Crippen molar-refractivity contribution in [2.45, 2.75) is 19.3 Å². The third-order valence-electron chi connectivity index (χ3n) is 3.86. The predicted molar refractivity (Wildman–Crippen MR) is 94.9 cm³/mol. The van der Waals surface area contributed by atoms with Gasteiger partial charge in [-0.3, -0.25) is 0 Å². The molecule has 0 atom stereocenters. The van der Waals surface area contributed by atoms with Gasteiger partial charge in [0.15, 0.2) is 5.82 Å². The fourth-order valence-electron chi connectivity index (χ4n) is 2.32. The molecular formula is C18H18FN3OS. The Hall–Kier alpha value is -2.47. The Morgan fingerprint density at radius 3 is 2.42 bits per heavy atom. The average Bonchev–Trinajstić information content (AvgIpc) is 3.03. The molecule has 3 rings (SSSR count). The minimum absolute atomic E-state index is 0.169. The van der Waals surface area contributed by atoms with Gasteiger partial charge in [0.1, 0.15) is 11.6 Å². The first kappa shape index (κ1) is 16.4. The van der Waals surface area contributed by atoms with Crippen LogP contribution in [0.5, 0.6) is 5.75 Å². The first-order valence-corrected chi connectivity index (χ1v) is 8.34. The van der Waals surface area contributed by atoms with Crippen LogP contribution in [0.3, 0.4) is 0 Å². The second-order valence-electron chi connectivity index (χ2n) is 6.21. The van der Waals surface area contributed by atoms with E-state index in [1.807, 2.05) is 0 Å². The van der Waals surface area contributed by atoms with Gasteiger partial charge in [-0.25, -0.2) is 4.39 Å². The van der Waals surface area contributed by atoms with E-state index < -0.39 is 0 Å². The largest absolute Gasteiger partial charge is 0.508 e. The lowest BCUT2D eigenvalue weighted by Gasteiger charge is -2.25. The van der Waals surface area contributed by atoms with E-state index in [0.717, 1.165) is 16.3 Å². The summed E-state index contributed by atoms with van der Waals surface area (Å²) in [5, 5.41) is 13.4. The van der Waals surface area contributed by atoms with E-state index in [4.69, 9.17) is 0 Å². The predicted octanol–water partition coefficient (Wildman–Crippen LogP) is 4.44. The lowest BCUT2D eigenvalue weighted by Crippen LogP contribution is -2.27. The summed E-state index contributed by atoms with van der Waals surface area (Å²) < 4.78 is 17.4. The van der Waals surface area contributed by atoms with Crippen LogP contribution in [0, 0.1) is 5.82 Å². The van der Waals surface area contributed by atoms with Crippen molar-refractivity contribution in [3.05, 3.63) is 59.9 Å². The number of hydrogen-bond acceptors (Lipinski definition) is 5. The third-order valence-corrected chi connectivity index (χ3v) is 4.53. The molecule has 0 aliphatic carbocycles. The molecule has 1 aromatic heterocycles. The van der Waals surface area contributed by atoms with Crippen LogP contribution in [-0.4, -0.2) is 21.0 Å². The monoisotopic (exact) mass is 343 g/mol. The highest BCUT2D eigenvalue weighted by Gasteiger charge is 2.21. The zero-order chi connectivity index (χ0) is 17.2. The molecule has 0 saturated carbocycles. The minimum atomic E-state index is -0.231. The Morgan fingerprint density at radius 2 is 1.75 bits per heavy atom. The number of hydrogen-bond donors (Lipinski definition) is 2. The lowest BCUT2D eigenvalue weighted by molar-refractivity contribution is 0.475. The fourth-order valence-corrected chi connectivity index (χ4v) is 2.91. The van der Waals surface area contributed by atoms with Gasteiger partial charge in [-0.05, 0) is 42.0 Å². The maximum Gasteiger partial charge on any atom is 0.202 e. The highest BCUT2D eigenvalue weighted by atomic mass is 32.1. The second-order valence-corrected chi connectivity index (χ2v) is 6.97. The van der Waals surface area contributed by atoms with Crippen molar-refractivity contribution in [3.63, 3.8) is 0 Å². The Bertz CT molecular complexity index is 813. The van der Waals surface area contributed by atoms with Gasteiger partial charge >= 0.3 is 0 Å². The molecule has 6 heteroatoms. The standard InChI is InChI=1S/C18H18FN3OS/c1-18(2,13-5-7-14(19)8-6-13)11-20-17-21-16(22-24-17)12-3-9-15(23)10-4-12/h3-10,23H,11H2,1-2H3,(H,20,21,22). The normalized spacial score (nSPS) is 11.5. The van der Waals surface area contributed by atoms with Crippen molar-refractivity contribution in [1.29, 1.82) is 0 Å². The van der Waals surface area contributed by atoms with Crippen molar-refractivity contribution in [2.24, 2.45) is 0 Å². The van der Waals surface area contributed by atoms with Crippen LogP contribution < -0.4 is 5.32 Å². The summed E-state index contributed by atoms with van der Waals surface area (Å²) in [7, 11) is 0. The van der Waals surface area contributed by atoms with Crippen LogP contribution >= 0.6 is 11.5 Å². The molecule has 0 aliphatic rings. The van der Waals surface area contributed by atoms with Crippen molar-refractivity contribution in [3.8, 4) is 17.1 Å². The van der Waals surface area contributed by atoms with Crippen molar-refractivity contribution < 1.29 is 9.50 Å². The summed E-state index contributed by atoms with van der Waals surface area (Å²) in [6, 6.07) is 13.4. The van der Waals surface area contributed by atoms with E-state index >= 15 is 0 Å². The molecule has 0 bridgehead atoms. The summed E-state index contributed by atoms with van der Waals surface area (Å²) in [6.45, 7) is 4.84. The van der Waals surface area contributed by atoms with Crippen LogP contribution in [0.2, 0.25) is 0 Å². The fraction of sp³-hybridized carbons (Fsp3) is 0.222. The van der Waals surface area contributed by atoms with Crippen LogP contribution in [0.4, 0.5) is 9.52 Å². The molecule has 0 unspecified atom stereocenters. The highest BCUT2D eigenvalue weighted by Crippen LogP contribution is 2.26. The van der Waals surface area contributed by atoms with Crippen LogP contribution in [0.25, 0.3) is 11.4 Å². The zero-order valence-corrected chi connectivity index (χ0v) is 14.3.